The summed E-state index contributed by atoms with van der Waals surface area (Å²) in [6.45, 7) is 8.08. The topological polar surface area (TPSA) is 65.0 Å². The Morgan fingerprint density at radius 1 is 1.13 bits per heavy atom. The average Bonchev–Trinajstić information content (AvgIpc) is 2.86. The summed E-state index contributed by atoms with van der Waals surface area (Å²) in [4.78, 5) is 0. The third-order valence-electron chi connectivity index (χ3n) is 4.83. The second-order valence-electron chi connectivity index (χ2n) is 7.15. The first-order valence-electron chi connectivity index (χ1n) is 7.83. The lowest BCUT2D eigenvalue weighted by Crippen LogP contribution is -2.41. The van der Waals surface area contributed by atoms with E-state index in [9.17, 15) is 9.32 Å². The number of aliphatic hydroxyl groups excluding tert-OH is 1. The van der Waals surface area contributed by atoms with Crippen molar-refractivity contribution in [1.29, 1.82) is 0 Å². The summed E-state index contributed by atoms with van der Waals surface area (Å²) in [7, 11) is -1.40. The van der Waals surface area contributed by atoms with Gasteiger partial charge in [-0.2, -0.15) is 0 Å². The molecular formula is C16H23BO5S. The zero-order chi connectivity index (χ0) is 16.8. The lowest BCUT2D eigenvalue weighted by Gasteiger charge is -2.32. The summed E-state index contributed by atoms with van der Waals surface area (Å²) in [5.74, 6) is 1.31. The maximum atomic E-state index is 11.4. The molecule has 0 aliphatic carbocycles. The van der Waals surface area contributed by atoms with Gasteiger partial charge in [-0.3, -0.25) is 4.21 Å². The molecule has 0 spiro atoms. The van der Waals surface area contributed by atoms with E-state index < -0.39 is 30.1 Å². The van der Waals surface area contributed by atoms with Crippen molar-refractivity contribution in [2.45, 2.75) is 51.1 Å². The van der Waals surface area contributed by atoms with Gasteiger partial charge >= 0.3 is 7.12 Å². The van der Waals surface area contributed by atoms with Gasteiger partial charge in [-0.15, -0.1) is 0 Å². The third-order valence-corrected chi connectivity index (χ3v) is 6.24. The molecule has 2 unspecified atom stereocenters. The van der Waals surface area contributed by atoms with Crippen LogP contribution in [0.5, 0.6) is 5.75 Å². The molecule has 2 heterocycles. The van der Waals surface area contributed by atoms with Gasteiger partial charge in [0.15, 0.2) is 0 Å². The molecule has 5 nitrogen and oxygen atoms in total. The van der Waals surface area contributed by atoms with Gasteiger partial charge < -0.3 is 19.2 Å². The van der Waals surface area contributed by atoms with Crippen molar-refractivity contribution in [2.75, 3.05) is 11.5 Å². The van der Waals surface area contributed by atoms with Crippen LogP contribution in [-0.4, -0.2) is 51.3 Å². The largest absolute Gasteiger partial charge is 0.494 e. The van der Waals surface area contributed by atoms with Crippen molar-refractivity contribution in [3.05, 3.63) is 24.3 Å². The number of benzene rings is 1. The van der Waals surface area contributed by atoms with Crippen LogP contribution in [0.25, 0.3) is 0 Å². The fraction of sp³-hybridized carbons (Fsp3) is 0.625. The highest BCUT2D eigenvalue weighted by atomic mass is 32.2. The van der Waals surface area contributed by atoms with Gasteiger partial charge in [-0.1, -0.05) is 12.1 Å². The molecular weight excluding hydrogens is 315 g/mol. The zero-order valence-electron chi connectivity index (χ0n) is 13.9. The van der Waals surface area contributed by atoms with Crippen molar-refractivity contribution < 1.29 is 23.4 Å². The Hall–Kier alpha value is -0.885. The highest BCUT2D eigenvalue weighted by Crippen LogP contribution is 2.36. The lowest BCUT2D eigenvalue weighted by atomic mass is 9.79. The molecule has 3 rings (SSSR count). The minimum absolute atomic E-state index is 0.288. The Morgan fingerprint density at radius 3 is 2.17 bits per heavy atom. The van der Waals surface area contributed by atoms with Crippen molar-refractivity contribution >= 4 is 23.4 Å². The molecule has 1 aromatic rings. The number of hydrogen-bond donors (Lipinski definition) is 1. The normalized spacial score (nSPS) is 32.2. The summed E-state index contributed by atoms with van der Waals surface area (Å²) in [6, 6.07) is 7.45. The van der Waals surface area contributed by atoms with Gasteiger partial charge in [0.25, 0.3) is 0 Å². The van der Waals surface area contributed by atoms with Crippen molar-refractivity contribution in [2.24, 2.45) is 0 Å². The molecule has 0 aromatic heterocycles. The first kappa shape index (κ1) is 17.0. The Labute approximate surface area is 139 Å². The summed E-state index contributed by atoms with van der Waals surface area (Å²) < 4.78 is 29.2. The van der Waals surface area contributed by atoms with Gasteiger partial charge in [0.2, 0.25) is 0 Å². The molecule has 0 radical (unpaired) electrons. The second-order valence-corrected chi connectivity index (χ2v) is 8.70. The Balaban J connectivity index is 1.67. The molecule has 126 valence electrons. The first-order chi connectivity index (χ1) is 10.7. The molecule has 0 saturated carbocycles. The van der Waals surface area contributed by atoms with E-state index in [1.165, 1.54) is 0 Å². The summed E-state index contributed by atoms with van der Waals surface area (Å²) >= 11 is 0. The zero-order valence-corrected chi connectivity index (χ0v) is 14.8. The molecule has 2 saturated heterocycles. The van der Waals surface area contributed by atoms with Crippen LogP contribution in [0.15, 0.2) is 24.3 Å². The van der Waals surface area contributed by atoms with Crippen LogP contribution in [0, 0.1) is 0 Å². The van der Waals surface area contributed by atoms with E-state index >= 15 is 0 Å². The Bertz CT molecular complexity index is 585. The molecule has 23 heavy (non-hydrogen) atoms. The number of rotatable bonds is 3. The van der Waals surface area contributed by atoms with E-state index in [1.54, 1.807) is 0 Å². The van der Waals surface area contributed by atoms with Gasteiger partial charge in [-0.25, -0.2) is 0 Å². The SMILES string of the molecule is CC1(C)OB(c2ccc(OC3CS(=O)C[C@H]3O)cc2)OC1(C)C. The molecule has 0 bridgehead atoms. The van der Waals surface area contributed by atoms with Crippen LogP contribution in [0.1, 0.15) is 27.7 Å². The highest BCUT2D eigenvalue weighted by Gasteiger charge is 2.51. The van der Waals surface area contributed by atoms with Crippen LogP contribution in [0.2, 0.25) is 0 Å². The monoisotopic (exact) mass is 338 g/mol. The molecule has 1 aromatic carbocycles. The minimum atomic E-state index is -0.995. The second kappa shape index (κ2) is 5.88. The highest BCUT2D eigenvalue weighted by molar-refractivity contribution is 7.85. The molecule has 2 fully saturated rings. The summed E-state index contributed by atoms with van der Waals surface area (Å²) in [5, 5.41) is 9.81. The van der Waals surface area contributed by atoms with E-state index in [0.29, 0.717) is 11.5 Å². The quantitative estimate of drug-likeness (QED) is 0.828. The van der Waals surface area contributed by atoms with Crippen LogP contribution in [-0.2, 0) is 20.1 Å². The number of ether oxygens (including phenoxy) is 1. The van der Waals surface area contributed by atoms with Gasteiger partial charge in [0, 0.05) is 10.8 Å². The maximum absolute atomic E-state index is 11.4. The van der Waals surface area contributed by atoms with E-state index in [-0.39, 0.29) is 17.0 Å². The smallest absolute Gasteiger partial charge is 0.487 e. The Kier molecular flexibility index (Phi) is 4.34. The van der Waals surface area contributed by atoms with Gasteiger partial charge in [0.05, 0.1) is 22.7 Å². The predicted molar refractivity (Wildman–Crippen MR) is 90.5 cm³/mol. The van der Waals surface area contributed by atoms with Crippen LogP contribution < -0.4 is 10.2 Å². The fourth-order valence-electron chi connectivity index (χ4n) is 2.63. The van der Waals surface area contributed by atoms with E-state index in [0.717, 1.165) is 5.46 Å². The Morgan fingerprint density at radius 2 is 1.70 bits per heavy atom. The molecule has 3 atom stereocenters. The molecule has 1 N–H and O–H groups in total. The van der Waals surface area contributed by atoms with Gasteiger partial charge in [0.1, 0.15) is 18.0 Å². The van der Waals surface area contributed by atoms with E-state index in [1.807, 2.05) is 52.0 Å². The van der Waals surface area contributed by atoms with E-state index in [2.05, 4.69) is 0 Å². The van der Waals surface area contributed by atoms with Crippen LogP contribution >= 0.6 is 0 Å². The molecule has 2 aliphatic heterocycles. The standard InChI is InChI=1S/C16H23BO5S/c1-15(2)16(3,4)22-17(21-15)11-5-7-12(8-6-11)20-14-10-23(19)9-13(14)18/h5-8,13-14,18H,9-10H2,1-4H3/t13-,14?,23?/m1/s1. The van der Waals surface area contributed by atoms with Crippen molar-refractivity contribution in [1.82, 2.24) is 0 Å². The lowest BCUT2D eigenvalue weighted by molar-refractivity contribution is 0.00578. The maximum Gasteiger partial charge on any atom is 0.494 e. The van der Waals surface area contributed by atoms with Crippen molar-refractivity contribution in [3.8, 4) is 5.75 Å². The van der Waals surface area contributed by atoms with Crippen molar-refractivity contribution in [3.63, 3.8) is 0 Å². The van der Waals surface area contributed by atoms with Gasteiger partial charge in [-0.05, 0) is 45.3 Å². The fourth-order valence-corrected chi connectivity index (χ4v) is 4.02. The summed E-state index contributed by atoms with van der Waals surface area (Å²) in [6.07, 6.45) is -1.07. The first-order valence-corrected chi connectivity index (χ1v) is 9.32. The predicted octanol–water partition coefficient (Wildman–Crippen LogP) is 0.856. The van der Waals surface area contributed by atoms with E-state index in [4.69, 9.17) is 14.0 Å². The minimum Gasteiger partial charge on any atom is -0.487 e. The molecule has 7 heteroatoms. The third kappa shape index (κ3) is 3.33. The van der Waals surface area contributed by atoms with Crippen LogP contribution in [0.4, 0.5) is 0 Å². The number of hydrogen-bond acceptors (Lipinski definition) is 5. The molecule has 0 amide bonds. The van der Waals surface area contributed by atoms with Crippen LogP contribution in [0.3, 0.4) is 0 Å². The molecule has 2 aliphatic rings. The summed E-state index contributed by atoms with van der Waals surface area (Å²) in [5.41, 5.74) is 0.182. The average molecular weight is 338 g/mol. The number of aliphatic hydroxyl groups is 1.